The molecule has 3 nitrogen and oxygen atoms in total. The molecule has 2 heterocycles. The van der Waals surface area contributed by atoms with E-state index in [0.29, 0.717) is 24.3 Å². The van der Waals surface area contributed by atoms with Gasteiger partial charge in [-0.25, -0.2) is 0 Å². The Hall–Kier alpha value is -1.33. The quantitative estimate of drug-likeness (QED) is 0.867. The van der Waals surface area contributed by atoms with E-state index in [9.17, 15) is 4.79 Å². The molecule has 0 spiro atoms. The molecule has 1 aromatic carbocycles. The fourth-order valence-electron chi connectivity index (χ4n) is 2.08. The molecule has 0 bridgehead atoms. The van der Waals surface area contributed by atoms with Gasteiger partial charge in [0.05, 0.1) is 11.3 Å². The lowest BCUT2D eigenvalue weighted by atomic mass is 10.0. The van der Waals surface area contributed by atoms with Crippen LogP contribution in [-0.4, -0.2) is 18.9 Å². The maximum atomic E-state index is 12.4. The SMILES string of the molecule is O=C(Cc1sccc1Br)c1cccc2c1OCCN2. The van der Waals surface area contributed by atoms with Crippen LogP contribution in [0.15, 0.2) is 34.1 Å². The van der Waals surface area contributed by atoms with E-state index in [1.165, 1.54) is 0 Å². The Balaban J connectivity index is 1.90. The van der Waals surface area contributed by atoms with Crippen molar-refractivity contribution in [2.24, 2.45) is 0 Å². The third-order valence-corrected chi connectivity index (χ3v) is 4.92. The van der Waals surface area contributed by atoms with E-state index in [-0.39, 0.29) is 5.78 Å². The van der Waals surface area contributed by atoms with Crippen molar-refractivity contribution in [1.82, 2.24) is 0 Å². The molecule has 0 saturated heterocycles. The molecule has 0 atom stereocenters. The normalized spacial score (nSPS) is 13.3. The molecule has 0 amide bonds. The first-order chi connectivity index (χ1) is 9.25. The molecular weight excluding hydrogens is 326 g/mol. The Morgan fingerprint density at radius 3 is 3.11 bits per heavy atom. The number of ether oxygens (including phenoxy) is 1. The van der Waals surface area contributed by atoms with Gasteiger partial charge in [-0.2, -0.15) is 0 Å². The number of rotatable bonds is 3. The second-order valence-corrected chi connectivity index (χ2v) is 6.10. The highest BCUT2D eigenvalue weighted by atomic mass is 79.9. The van der Waals surface area contributed by atoms with Crippen LogP contribution in [0.25, 0.3) is 0 Å². The van der Waals surface area contributed by atoms with Crippen molar-refractivity contribution in [3.63, 3.8) is 0 Å². The average molecular weight is 338 g/mol. The third-order valence-electron chi connectivity index (χ3n) is 2.99. The molecule has 1 N–H and O–H groups in total. The summed E-state index contributed by atoms with van der Waals surface area (Å²) in [4.78, 5) is 13.5. The van der Waals surface area contributed by atoms with Crippen LogP contribution in [0.4, 0.5) is 5.69 Å². The van der Waals surface area contributed by atoms with Gasteiger partial charge in [0, 0.05) is 22.3 Å². The van der Waals surface area contributed by atoms with E-state index in [4.69, 9.17) is 4.74 Å². The first-order valence-electron chi connectivity index (χ1n) is 6.00. The van der Waals surface area contributed by atoms with Gasteiger partial charge in [0.1, 0.15) is 6.61 Å². The second kappa shape index (κ2) is 5.35. The van der Waals surface area contributed by atoms with E-state index in [1.807, 2.05) is 29.6 Å². The summed E-state index contributed by atoms with van der Waals surface area (Å²) in [6.45, 7) is 1.38. The van der Waals surface area contributed by atoms with Gasteiger partial charge in [0.15, 0.2) is 11.5 Å². The minimum Gasteiger partial charge on any atom is -0.489 e. The van der Waals surface area contributed by atoms with Crippen LogP contribution < -0.4 is 10.1 Å². The van der Waals surface area contributed by atoms with Crippen LogP contribution in [0.1, 0.15) is 15.2 Å². The number of carbonyl (C=O) groups is 1. The number of hydrogen-bond acceptors (Lipinski definition) is 4. The molecule has 0 radical (unpaired) electrons. The highest BCUT2D eigenvalue weighted by Gasteiger charge is 2.20. The molecule has 0 fully saturated rings. The average Bonchev–Trinajstić information content (AvgIpc) is 2.83. The van der Waals surface area contributed by atoms with Crippen LogP contribution in [-0.2, 0) is 6.42 Å². The Labute approximate surface area is 123 Å². The summed E-state index contributed by atoms with van der Waals surface area (Å²) in [6, 6.07) is 7.62. The van der Waals surface area contributed by atoms with Crippen LogP contribution in [0.2, 0.25) is 0 Å². The van der Waals surface area contributed by atoms with E-state index in [2.05, 4.69) is 21.2 Å². The summed E-state index contributed by atoms with van der Waals surface area (Å²) in [5, 5.41) is 5.22. The van der Waals surface area contributed by atoms with Crippen molar-refractivity contribution in [1.29, 1.82) is 0 Å². The van der Waals surface area contributed by atoms with Crippen LogP contribution in [0.5, 0.6) is 5.75 Å². The van der Waals surface area contributed by atoms with Gasteiger partial charge in [-0.05, 0) is 39.5 Å². The summed E-state index contributed by atoms with van der Waals surface area (Å²) in [6.07, 6.45) is 0.401. The zero-order valence-electron chi connectivity index (χ0n) is 10.1. The van der Waals surface area contributed by atoms with E-state index >= 15 is 0 Å². The first kappa shape index (κ1) is 12.7. The number of ketones is 1. The fraction of sp³-hybridized carbons (Fsp3) is 0.214. The summed E-state index contributed by atoms with van der Waals surface area (Å²) in [7, 11) is 0. The van der Waals surface area contributed by atoms with Gasteiger partial charge in [0.2, 0.25) is 0 Å². The Bertz CT molecular complexity index is 624. The number of Topliss-reactive ketones (excluding diaryl/α,β-unsaturated/α-hetero) is 1. The molecule has 1 aromatic heterocycles. The van der Waals surface area contributed by atoms with Crippen molar-refractivity contribution in [3.05, 3.63) is 44.6 Å². The molecule has 3 rings (SSSR count). The molecule has 1 aliphatic heterocycles. The number of fused-ring (bicyclic) bond motifs is 1. The highest BCUT2D eigenvalue weighted by Crippen LogP contribution is 2.33. The van der Waals surface area contributed by atoms with Gasteiger partial charge in [0.25, 0.3) is 0 Å². The zero-order valence-corrected chi connectivity index (χ0v) is 12.5. The molecule has 19 heavy (non-hydrogen) atoms. The van der Waals surface area contributed by atoms with Crippen molar-refractivity contribution < 1.29 is 9.53 Å². The summed E-state index contributed by atoms with van der Waals surface area (Å²) in [5.74, 6) is 0.773. The maximum Gasteiger partial charge on any atom is 0.171 e. The first-order valence-corrected chi connectivity index (χ1v) is 7.68. The predicted molar refractivity (Wildman–Crippen MR) is 80.5 cm³/mol. The number of para-hydroxylation sites is 1. The van der Waals surface area contributed by atoms with Crippen molar-refractivity contribution in [2.75, 3.05) is 18.5 Å². The van der Waals surface area contributed by atoms with Crippen molar-refractivity contribution in [3.8, 4) is 5.75 Å². The fourth-order valence-corrected chi connectivity index (χ4v) is 3.57. The smallest absolute Gasteiger partial charge is 0.171 e. The Kier molecular flexibility index (Phi) is 3.57. The molecule has 0 aliphatic carbocycles. The molecule has 0 unspecified atom stereocenters. The number of thiophene rings is 1. The third kappa shape index (κ3) is 2.53. The summed E-state index contributed by atoms with van der Waals surface area (Å²) in [5.41, 5.74) is 1.56. The predicted octanol–water partition coefficient (Wildman–Crippen LogP) is 3.74. The van der Waals surface area contributed by atoms with Crippen LogP contribution in [0.3, 0.4) is 0 Å². The van der Waals surface area contributed by atoms with E-state index in [1.54, 1.807) is 11.3 Å². The maximum absolute atomic E-state index is 12.4. The minimum absolute atomic E-state index is 0.0868. The lowest BCUT2D eigenvalue weighted by Gasteiger charge is -2.21. The van der Waals surface area contributed by atoms with Gasteiger partial charge in [-0.3, -0.25) is 4.79 Å². The van der Waals surface area contributed by atoms with Gasteiger partial charge >= 0.3 is 0 Å². The molecule has 5 heteroatoms. The minimum atomic E-state index is 0.0868. The lowest BCUT2D eigenvalue weighted by molar-refractivity contribution is 0.0989. The van der Waals surface area contributed by atoms with Crippen LogP contribution >= 0.6 is 27.3 Å². The largest absolute Gasteiger partial charge is 0.489 e. The Morgan fingerprint density at radius 1 is 1.42 bits per heavy atom. The molecule has 1 aliphatic rings. The summed E-state index contributed by atoms with van der Waals surface area (Å²) < 4.78 is 6.63. The zero-order chi connectivity index (χ0) is 13.2. The second-order valence-electron chi connectivity index (χ2n) is 4.25. The molecule has 0 saturated carbocycles. The number of carbonyl (C=O) groups excluding carboxylic acids is 1. The number of halogens is 1. The van der Waals surface area contributed by atoms with Crippen molar-refractivity contribution >= 4 is 38.7 Å². The van der Waals surface area contributed by atoms with Gasteiger partial charge < -0.3 is 10.1 Å². The van der Waals surface area contributed by atoms with E-state index < -0.39 is 0 Å². The van der Waals surface area contributed by atoms with Gasteiger partial charge in [-0.15, -0.1) is 11.3 Å². The molecule has 98 valence electrons. The lowest BCUT2D eigenvalue weighted by Crippen LogP contribution is -2.20. The molecule has 2 aromatic rings. The van der Waals surface area contributed by atoms with Crippen LogP contribution in [0, 0.1) is 0 Å². The van der Waals surface area contributed by atoms with Gasteiger partial charge in [-0.1, -0.05) is 6.07 Å². The van der Waals surface area contributed by atoms with Crippen molar-refractivity contribution in [2.45, 2.75) is 6.42 Å². The standard InChI is InChI=1S/C14H12BrNO2S/c15-10-4-7-19-13(10)8-12(17)9-2-1-3-11-14(9)18-6-5-16-11/h1-4,7,16H,5-6,8H2. The van der Waals surface area contributed by atoms with E-state index in [0.717, 1.165) is 21.6 Å². The number of benzene rings is 1. The number of nitrogens with one attached hydrogen (secondary N) is 1. The highest BCUT2D eigenvalue weighted by molar-refractivity contribution is 9.10. The summed E-state index contributed by atoms with van der Waals surface area (Å²) >= 11 is 5.04. The monoisotopic (exact) mass is 337 g/mol. The number of hydrogen-bond donors (Lipinski definition) is 1. The topological polar surface area (TPSA) is 38.3 Å². The molecular formula is C14H12BrNO2S. The Morgan fingerprint density at radius 2 is 2.32 bits per heavy atom. The number of anilines is 1.